The molecule has 0 radical (unpaired) electrons. The van der Waals surface area contributed by atoms with Gasteiger partial charge in [-0.15, -0.1) is 19.0 Å². The van der Waals surface area contributed by atoms with Crippen LogP contribution in [0.4, 0.5) is 0 Å². The van der Waals surface area contributed by atoms with Gasteiger partial charge < -0.3 is 5.32 Å². The van der Waals surface area contributed by atoms with Crippen molar-refractivity contribution in [3.8, 4) is 0 Å². The topological polar surface area (TPSA) is 49.4 Å². The first kappa shape index (κ1) is 17.9. The van der Waals surface area contributed by atoms with Gasteiger partial charge in [0.25, 0.3) is 0 Å². The monoisotopic (exact) mass is 296 g/mol. The van der Waals surface area contributed by atoms with Crippen molar-refractivity contribution < 1.29 is 8.42 Å². The SMILES string of the molecule is C=CCCS(=O)(=O)N(CCC)C1CCNCC1.Cl. The lowest BCUT2D eigenvalue weighted by atomic mass is 10.1. The zero-order chi connectivity index (χ0) is 12.7. The smallest absolute Gasteiger partial charge is 0.214 e. The summed E-state index contributed by atoms with van der Waals surface area (Å²) in [4.78, 5) is 0. The van der Waals surface area contributed by atoms with Crippen molar-refractivity contribution in [3.63, 3.8) is 0 Å². The molecule has 6 heteroatoms. The molecule has 0 bridgehead atoms. The van der Waals surface area contributed by atoms with Crippen LogP contribution >= 0.6 is 12.4 Å². The number of sulfonamides is 1. The summed E-state index contributed by atoms with van der Waals surface area (Å²) in [5.74, 6) is 0.195. The van der Waals surface area contributed by atoms with Crippen molar-refractivity contribution in [2.75, 3.05) is 25.4 Å². The van der Waals surface area contributed by atoms with E-state index in [1.54, 1.807) is 10.4 Å². The van der Waals surface area contributed by atoms with Crippen LogP contribution in [0.25, 0.3) is 0 Å². The van der Waals surface area contributed by atoms with Crippen LogP contribution in [0.15, 0.2) is 12.7 Å². The van der Waals surface area contributed by atoms with E-state index in [0.717, 1.165) is 32.4 Å². The number of hydrogen-bond acceptors (Lipinski definition) is 3. The van der Waals surface area contributed by atoms with E-state index < -0.39 is 10.0 Å². The summed E-state index contributed by atoms with van der Waals surface area (Å²) in [5.41, 5.74) is 0. The van der Waals surface area contributed by atoms with Crippen LogP contribution in [0.5, 0.6) is 0 Å². The molecule has 0 aromatic carbocycles. The van der Waals surface area contributed by atoms with Crippen molar-refractivity contribution in [3.05, 3.63) is 12.7 Å². The van der Waals surface area contributed by atoms with Gasteiger partial charge in [-0.1, -0.05) is 13.0 Å². The molecule has 0 aromatic heterocycles. The second-order valence-electron chi connectivity index (χ2n) is 4.49. The van der Waals surface area contributed by atoms with Crippen molar-refractivity contribution >= 4 is 22.4 Å². The molecule has 0 aromatic rings. The van der Waals surface area contributed by atoms with Crippen molar-refractivity contribution in [2.24, 2.45) is 0 Å². The van der Waals surface area contributed by atoms with Crippen molar-refractivity contribution in [2.45, 2.75) is 38.6 Å². The summed E-state index contributed by atoms with van der Waals surface area (Å²) >= 11 is 0. The van der Waals surface area contributed by atoms with E-state index in [1.807, 2.05) is 6.92 Å². The molecule has 18 heavy (non-hydrogen) atoms. The highest BCUT2D eigenvalue weighted by molar-refractivity contribution is 7.89. The van der Waals surface area contributed by atoms with Crippen LogP contribution in [-0.2, 0) is 10.0 Å². The van der Waals surface area contributed by atoms with Gasteiger partial charge in [0.2, 0.25) is 10.0 Å². The maximum absolute atomic E-state index is 12.2. The van der Waals surface area contributed by atoms with Gasteiger partial charge in [0.15, 0.2) is 0 Å². The summed E-state index contributed by atoms with van der Waals surface area (Å²) in [6.45, 7) is 8.09. The largest absolute Gasteiger partial charge is 0.317 e. The number of rotatable bonds is 7. The third-order valence-electron chi connectivity index (χ3n) is 3.10. The number of allylic oxidation sites excluding steroid dienone is 1. The minimum absolute atomic E-state index is 0. The third kappa shape index (κ3) is 5.26. The Labute approximate surface area is 117 Å². The van der Waals surface area contributed by atoms with Crippen LogP contribution in [-0.4, -0.2) is 44.2 Å². The van der Waals surface area contributed by atoms with Crippen molar-refractivity contribution in [1.82, 2.24) is 9.62 Å². The van der Waals surface area contributed by atoms with Gasteiger partial charge in [-0.25, -0.2) is 8.42 Å². The van der Waals surface area contributed by atoms with Gasteiger partial charge >= 0.3 is 0 Å². The molecular weight excluding hydrogens is 272 g/mol. The molecule has 0 spiro atoms. The van der Waals surface area contributed by atoms with Gasteiger partial charge in [-0.2, -0.15) is 4.31 Å². The highest BCUT2D eigenvalue weighted by Crippen LogP contribution is 2.17. The molecular formula is C12H25ClN2O2S. The minimum Gasteiger partial charge on any atom is -0.317 e. The Morgan fingerprint density at radius 2 is 2.00 bits per heavy atom. The standard InChI is InChI=1S/C12H24N2O2S.ClH/c1-3-5-11-17(15,16)14(10-4-2)12-6-8-13-9-7-12;/h3,12-13H,1,4-11H2,2H3;1H. The predicted octanol–water partition coefficient (Wildman–Crippen LogP) is 1.78. The summed E-state index contributed by atoms with van der Waals surface area (Å²) in [6, 6.07) is 0.186. The molecule has 0 saturated carbocycles. The number of piperidine rings is 1. The number of nitrogens with zero attached hydrogens (tertiary/aromatic N) is 1. The van der Waals surface area contributed by atoms with Gasteiger partial charge in [0, 0.05) is 12.6 Å². The average Bonchev–Trinajstić information content (AvgIpc) is 2.34. The van der Waals surface area contributed by atoms with Crippen LogP contribution < -0.4 is 5.32 Å². The minimum atomic E-state index is -3.11. The molecule has 1 N–H and O–H groups in total. The van der Waals surface area contributed by atoms with E-state index in [4.69, 9.17) is 0 Å². The van der Waals surface area contributed by atoms with E-state index in [2.05, 4.69) is 11.9 Å². The second kappa shape index (κ2) is 8.91. The second-order valence-corrected chi connectivity index (χ2v) is 6.53. The zero-order valence-electron chi connectivity index (χ0n) is 11.1. The fourth-order valence-corrected chi connectivity index (χ4v) is 4.04. The lowest BCUT2D eigenvalue weighted by molar-refractivity contribution is 0.262. The van der Waals surface area contributed by atoms with Crippen LogP contribution in [0.1, 0.15) is 32.6 Å². The van der Waals surface area contributed by atoms with Crippen LogP contribution in [0, 0.1) is 0 Å². The normalized spacial score (nSPS) is 17.4. The molecule has 1 rings (SSSR count). The van der Waals surface area contributed by atoms with E-state index in [-0.39, 0.29) is 24.2 Å². The highest BCUT2D eigenvalue weighted by Gasteiger charge is 2.29. The third-order valence-corrected chi connectivity index (χ3v) is 5.04. The summed E-state index contributed by atoms with van der Waals surface area (Å²) in [6.07, 6.45) is 4.93. The maximum Gasteiger partial charge on any atom is 0.214 e. The Bertz CT molecular complexity index is 327. The van der Waals surface area contributed by atoms with Crippen molar-refractivity contribution in [1.29, 1.82) is 0 Å². The Morgan fingerprint density at radius 1 is 1.39 bits per heavy atom. The van der Waals surface area contributed by atoms with E-state index >= 15 is 0 Å². The fourth-order valence-electron chi connectivity index (χ4n) is 2.21. The maximum atomic E-state index is 12.2. The van der Waals surface area contributed by atoms with Gasteiger partial charge in [0.1, 0.15) is 0 Å². The average molecular weight is 297 g/mol. The van der Waals surface area contributed by atoms with Crippen LogP contribution in [0.2, 0.25) is 0 Å². The first-order chi connectivity index (χ1) is 8.11. The van der Waals surface area contributed by atoms with Crippen LogP contribution in [0.3, 0.4) is 0 Å². The Morgan fingerprint density at radius 3 is 2.50 bits per heavy atom. The molecule has 4 nitrogen and oxygen atoms in total. The molecule has 0 aliphatic carbocycles. The van der Waals surface area contributed by atoms with E-state index in [9.17, 15) is 8.42 Å². The molecule has 1 saturated heterocycles. The molecule has 1 fully saturated rings. The molecule has 1 aliphatic heterocycles. The van der Waals surface area contributed by atoms with E-state index in [1.165, 1.54) is 0 Å². The number of nitrogens with one attached hydrogen (secondary N) is 1. The predicted molar refractivity (Wildman–Crippen MR) is 78.7 cm³/mol. The summed E-state index contributed by atoms with van der Waals surface area (Å²) < 4.78 is 26.2. The molecule has 0 atom stereocenters. The Balaban J connectivity index is 0.00000289. The Hall–Kier alpha value is -0.100. The Kier molecular flexibility index (Phi) is 8.86. The summed E-state index contributed by atoms with van der Waals surface area (Å²) in [5, 5.41) is 3.27. The van der Waals surface area contributed by atoms with Gasteiger partial charge in [0.05, 0.1) is 5.75 Å². The fraction of sp³-hybridized carbons (Fsp3) is 0.833. The molecule has 1 aliphatic rings. The molecule has 1 heterocycles. The van der Waals surface area contributed by atoms with E-state index in [0.29, 0.717) is 13.0 Å². The summed E-state index contributed by atoms with van der Waals surface area (Å²) in [7, 11) is -3.11. The molecule has 0 unspecified atom stereocenters. The van der Waals surface area contributed by atoms with Gasteiger partial charge in [-0.3, -0.25) is 0 Å². The lowest BCUT2D eigenvalue weighted by Gasteiger charge is -2.33. The molecule has 108 valence electrons. The first-order valence-corrected chi connectivity index (χ1v) is 8.04. The number of hydrogen-bond donors (Lipinski definition) is 1. The molecule has 0 amide bonds. The quantitative estimate of drug-likeness (QED) is 0.729. The highest BCUT2D eigenvalue weighted by atomic mass is 35.5. The zero-order valence-corrected chi connectivity index (χ0v) is 12.7. The number of halogens is 1. The van der Waals surface area contributed by atoms with Gasteiger partial charge in [-0.05, 0) is 38.8 Å². The lowest BCUT2D eigenvalue weighted by Crippen LogP contribution is -2.47. The first-order valence-electron chi connectivity index (χ1n) is 6.43.